The number of hydrogen-bond donors (Lipinski definition) is 1. The van der Waals surface area contributed by atoms with E-state index in [2.05, 4.69) is 19.4 Å². The van der Waals surface area contributed by atoms with Crippen molar-refractivity contribution in [1.29, 1.82) is 0 Å². The quantitative estimate of drug-likeness (QED) is 0.532. The number of nitrogens with zero attached hydrogens (tertiary/aromatic N) is 1. The van der Waals surface area contributed by atoms with E-state index in [1.165, 1.54) is 6.42 Å². The van der Waals surface area contributed by atoms with Crippen molar-refractivity contribution in [1.82, 2.24) is 5.32 Å². The summed E-state index contributed by atoms with van der Waals surface area (Å²) in [6.45, 7) is 1.12. The smallest absolute Gasteiger partial charge is 0.278 e. The van der Waals surface area contributed by atoms with E-state index in [9.17, 15) is 4.79 Å². The van der Waals surface area contributed by atoms with Gasteiger partial charge in [0.15, 0.2) is 6.04 Å². The predicted octanol–water partition coefficient (Wildman–Crippen LogP) is -0.0288. The van der Waals surface area contributed by atoms with E-state index in [0.717, 1.165) is 17.4 Å². The van der Waals surface area contributed by atoms with Crippen molar-refractivity contribution >= 4 is 5.91 Å². The summed E-state index contributed by atoms with van der Waals surface area (Å²) in [5, 5.41) is 2.71. The van der Waals surface area contributed by atoms with Crippen molar-refractivity contribution in [2.75, 3.05) is 27.7 Å². The minimum Gasteiger partial charge on any atom is -0.354 e. The summed E-state index contributed by atoms with van der Waals surface area (Å²) >= 11 is 0. The molecule has 0 aromatic rings. The molecule has 0 aromatic heterocycles. The molecule has 11 heavy (non-hydrogen) atoms. The Bertz CT molecular complexity index is 165. The minimum atomic E-state index is 0.181. The van der Waals surface area contributed by atoms with Crippen LogP contribution in [0.4, 0.5) is 0 Å². The van der Waals surface area contributed by atoms with Crippen molar-refractivity contribution in [3.05, 3.63) is 0 Å². The van der Waals surface area contributed by atoms with Gasteiger partial charge in [0.2, 0.25) is 0 Å². The third kappa shape index (κ3) is 1.53. The number of carbonyl (C=O) groups excluding carboxylic acids is 1. The Labute approximate surface area is 68.0 Å². The SMILES string of the molecule is CNC(=O)C1CCC[N+]1(C)C. The van der Waals surface area contributed by atoms with E-state index in [1.807, 2.05) is 0 Å². The van der Waals surface area contributed by atoms with Gasteiger partial charge in [-0.05, 0) is 0 Å². The molecular formula is C8H17N2O+. The van der Waals surface area contributed by atoms with E-state index < -0.39 is 0 Å². The number of carbonyl (C=O) groups is 1. The van der Waals surface area contributed by atoms with Crippen molar-refractivity contribution in [2.45, 2.75) is 18.9 Å². The molecule has 1 amide bonds. The molecular weight excluding hydrogens is 140 g/mol. The summed E-state index contributed by atoms with van der Waals surface area (Å²) in [5.74, 6) is 0.188. The van der Waals surface area contributed by atoms with Crippen molar-refractivity contribution in [3.63, 3.8) is 0 Å². The molecule has 0 aromatic carbocycles. The minimum absolute atomic E-state index is 0.181. The molecule has 1 aliphatic rings. The van der Waals surface area contributed by atoms with E-state index in [-0.39, 0.29) is 11.9 Å². The molecule has 1 N–H and O–H groups in total. The molecule has 1 heterocycles. The monoisotopic (exact) mass is 157 g/mol. The molecule has 0 radical (unpaired) electrons. The lowest BCUT2D eigenvalue weighted by molar-refractivity contribution is -0.893. The molecule has 0 spiro atoms. The molecule has 0 bridgehead atoms. The Morgan fingerprint density at radius 2 is 2.18 bits per heavy atom. The highest BCUT2D eigenvalue weighted by molar-refractivity contribution is 5.80. The van der Waals surface area contributed by atoms with Crippen molar-refractivity contribution in [3.8, 4) is 0 Å². The fourth-order valence-electron chi connectivity index (χ4n) is 1.81. The second-order valence-corrected chi connectivity index (χ2v) is 3.77. The first-order chi connectivity index (χ1) is 5.08. The highest BCUT2D eigenvalue weighted by atomic mass is 16.2. The van der Waals surface area contributed by atoms with Gasteiger partial charge in [-0.3, -0.25) is 4.79 Å². The maximum Gasteiger partial charge on any atom is 0.278 e. The second-order valence-electron chi connectivity index (χ2n) is 3.77. The Balaban J connectivity index is 2.64. The number of rotatable bonds is 1. The molecule has 1 saturated heterocycles. The first kappa shape index (κ1) is 8.53. The third-order valence-electron chi connectivity index (χ3n) is 2.60. The maximum atomic E-state index is 11.3. The largest absolute Gasteiger partial charge is 0.354 e. The number of hydrogen-bond acceptors (Lipinski definition) is 1. The Morgan fingerprint density at radius 1 is 1.55 bits per heavy atom. The summed E-state index contributed by atoms with van der Waals surface area (Å²) in [4.78, 5) is 11.3. The van der Waals surface area contributed by atoms with Crippen molar-refractivity contribution in [2.24, 2.45) is 0 Å². The van der Waals surface area contributed by atoms with Gasteiger partial charge in [-0.2, -0.15) is 0 Å². The lowest BCUT2D eigenvalue weighted by Crippen LogP contribution is -2.51. The summed E-state index contributed by atoms with van der Waals surface area (Å²) < 4.78 is 0.847. The average Bonchev–Trinajstić information content (AvgIpc) is 2.28. The van der Waals surface area contributed by atoms with Gasteiger partial charge >= 0.3 is 0 Å². The second kappa shape index (κ2) is 2.81. The third-order valence-corrected chi connectivity index (χ3v) is 2.60. The zero-order valence-corrected chi connectivity index (χ0v) is 7.55. The van der Waals surface area contributed by atoms with E-state index >= 15 is 0 Å². The molecule has 0 saturated carbocycles. The van der Waals surface area contributed by atoms with Crippen LogP contribution < -0.4 is 5.32 Å². The summed E-state index contributed by atoms with van der Waals surface area (Å²) in [7, 11) is 5.94. The van der Waals surface area contributed by atoms with Gasteiger partial charge in [0.25, 0.3) is 5.91 Å². The molecule has 1 rings (SSSR count). The van der Waals surface area contributed by atoms with Gasteiger partial charge in [-0.25, -0.2) is 0 Å². The Morgan fingerprint density at radius 3 is 2.55 bits per heavy atom. The summed E-state index contributed by atoms with van der Waals surface area (Å²) in [6.07, 6.45) is 2.21. The van der Waals surface area contributed by atoms with Crippen LogP contribution in [0.25, 0.3) is 0 Å². The molecule has 64 valence electrons. The summed E-state index contributed by atoms with van der Waals surface area (Å²) in [6, 6.07) is 0.181. The Hall–Kier alpha value is -0.570. The van der Waals surface area contributed by atoms with Crippen LogP contribution in [0.2, 0.25) is 0 Å². The standard InChI is InChI=1S/C8H16N2O/c1-9-8(11)7-5-4-6-10(7,2)3/h7H,4-6H2,1-3H3/p+1. The van der Waals surface area contributed by atoms with Crippen LogP contribution in [0.1, 0.15) is 12.8 Å². The number of quaternary nitrogens is 1. The van der Waals surface area contributed by atoms with E-state index in [0.29, 0.717) is 0 Å². The van der Waals surface area contributed by atoms with E-state index in [1.54, 1.807) is 7.05 Å². The van der Waals surface area contributed by atoms with Crippen molar-refractivity contribution < 1.29 is 9.28 Å². The molecule has 0 aliphatic carbocycles. The lowest BCUT2D eigenvalue weighted by Gasteiger charge is -2.29. The van der Waals surface area contributed by atoms with Crippen LogP contribution in [0.15, 0.2) is 0 Å². The van der Waals surface area contributed by atoms with Crippen LogP contribution in [-0.4, -0.2) is 44.1 Å². The van der Waals surface area contributed by atoms with Crippen LogP contribution in [0.5, 0.6) is 0 Å². The molecule has 1 fully saturated rings. The topological polar surface area (TPSA) is 29.1 Å². The highest BCUT2D eigenvalue weighted by Crippen LogP contribution is 2.21. The highest BCUT2D eigenvalue weighted by Gasteiger charge is 2.38. The fraction of sp³-hybridized carbons (Fsp3) is 0.875. The zero-order chi connectivity index (χ0) is 8.48. The summed E-state index contributed by atoms with van der Waals surface area (Å²) in [5.41, 5.74) is 0. The maximum absolute atomic E-state index is 11.3. The van der Waals surface area contributed by atoms with Crippen LogP contribution in [0, 0.1) is 0 Å². The first-order valence-electron chi connectivity index (χ1n) is 4.12. The Kier molecular flexibility index (Phi) is 2.18. The van der Waals surface area contributed by atoms with Gasteiger partial charge in [0, 0.05) is 19.9 Å². The number of likely N-dealkylation sites (tertiary alicyclic amines) is 1. The fourth-order valence-corrected chi connectivity index (χ4v) is 1.81. The molecule has 3 nitrogen and oxygen atoms in total. The van der Waals surface area contributed by atoms with Gasteiger partial charge in [-0.15, -0.1) is 0 Å². The molecule has 1 aliphatic heterocycles. The lowest BCUT2D eigenvalue weighted by atomic mass is 10.2. The van der Waals surface area contributed by atoms with Crippen LogP contribution in [0.3, 0.4) is 0 Å². The number of amides is 1. The van der Waals surface area contributed by atoms with Gasteiger partial charge in [0.1, 0.15) is 0 Å². The average molecular weight is 157 g/mol. The van der Waals surface area contributed by atoms with Gasteiger partial charge in [-0.1, -0.05) is 0 Å². The van der Waals surface area contributed by atoms with Crippen LogP contribution >= 0.6 is 0 Å². The zero-order valence-electron chi connectivity index (χ0n) is 7.55. The molecule has 1 unspecified atom stereocenters. The molecule has 1 atom stereocenters. The van der Waals surface area contributed by atoms with E-state index in [4.69, 9.17) is 0 Å². The molecule has 3 heteroatoms. The predicted molar refractivity (Wildman–Crippen MR) is 44.1 cm³/mol. The van der Waals surface area contributed by atoms with Crippen LogP contribution in [-0.2, 0) is 4.79 Å². The number of likely N-dealkylation sites (N-methyl/N-ethyl adjacent to an activating group) is 2. The first-order valence-corrected chi connectivity index (χ1v) is 4.12. The van der Waals surface area contributed by atoms with Gasteiger partial charge in [0.05, 0.1) is 20.6 Å². The van der Waals surface area contributed by atoms with Gasteiger partial charge < -0.3 is 9.80 Å². The normalized spacial score (nSPS) is 28.5. The number of nitrogens with one attached hydrogen (secondary N) is 1.